The van der Waals surface area contributed by atoms with Crippen LogP contribution in [0.15, 0.2) is 5.10 Å². The second kappa shape index (κ2) is 4.54. The molecule has 84 valence electrons. The van der Waals surface area contributed by atoms with Crippen LogP contribution in [0.5, 0.6) is 0 Å². The second-order valence-corrected chi connectivity index (χ2v) is 3.84. The Kier molecular flexibility index (Phi) is 3.59. The van der Waals surface area contributed by atoms with Gasteiger partial charge in [-0.1, -0.05) is 0 Å². The maximum absolute atomic E-state index is 10.3. The molecule has 7 heteroatoms. The van der Waals surface area contributed by atoms with Crippen molar-refractivity contribution in [3.05, 3.63) is 17.0 Å². The summed E-state index contributed by atoms with van der Waals surface area (Å²) in [5, 5.41) is 7.94. The van der Waals surface area contributed by atoms with Crippen molar-refractivity contribution in [1.82, 2.24) is 14.6 Å². The molecule has 0 bridgehead atoms. The summed E-state index contributed by atoms with van der Waals surface area (Å²) in [6.45, 7) is 5.49. The standard InChI is InChI=1S/C8H14N4O2S/c1-5(9-11-15(13)14)8-6(2)10-12(4)7(8)3/h11H,1-4H3,(H,13,14)/p-1/b9-5-. The molecule has 0 aliphatic heterocycles. The maximum atomic E-state index is 10.3. The Labute approximate surface area is 90.8 Å². The first-order chi connectivity index (χ1) is 6.93. The Bertz CT molecular complexity index is 425. The summed E-state index contributed by atoms with van der Waals surface area (Å²) in [5.74, 6) is 0. The molecule has 1 aromatic rings. The molecule has 0 aliphatic rings. The third-order valence-corrected chi connectivity index (χ3v) is 2.40. The molecule has 0 aliphatic carbocycles. The SMILES string of the molecule is C/C(=N/NS(=O)[O-])c1c(C)nn(C)c1C. The van der Waals surface area contributed by atoms with Crippen molar-refractivity contribution in [3.8, 4) is 0 Å². The van der Waals surface area contributed by atoms with Crippen molar-refractivity contribution in [3.63, 3.8) is 0 Å². The first-order valence-corrected chi connectivity index (χ1v) is 5.40. The highest BCUT2D eigenvalue weighted by atomic mass is 32.2. The van der Waals surface area contributed by atoms with Gasteiger partial charge < -0.3 is 4.55 Å². The molecule has 1 unspecified atom stereocenters. The van der Waals surface area contributed by atoms with Gasteiger partial charge in [0.05, 0.1) is 22.7 Å². The van der Waals surface area contributed by atoms with Gasteiger partial charge in [-0.25, -0.2) is 4.83 Å². The van der Waals surface area contributed by atoms with Gasteiger partial charge >= 0.3 is 0 Å². The van der Waals surface area contributed by atoms with Crippen molar-refractivity contribution in [2.75, 3.05) is 0 Å². The lowest BCUT2D eigenvalue weighted by Gasteiger charge is -2.05. The fourth-order valence-electron chi connectivity index (χ4n) is 1.46. The Morgan fingerprint density at radius 2 is 2.20 bits per heavy atom. The minimum atomic E-state index is -2.38. The van der Waals surface area contributed by atoms with Gasteiger partial charge in [-0.2, -0.15) is 10.2 Å². The molecule has 15 heavy (non-hydrogen) atoms. The van der Waals surface area contributed by atoms with E-state index < -0.39 is 11.3 Å². The van der Waals surface area contributed by atoms with E-state index in [0.29, 0.717) is 5.71 Å². The van der Waals surface area contributed by atoms with E-state index in [1.54, 1.807) is 11.6 Å². The van der Waals surface area contributed by atoms with E-state index in [2.05, 4.69) is 10.2 Å². The average Bonchev–Trinajstić information content (AvgIpc) is 2.37. The van der Waals surface area contributed by atoms with Crippen LogP contribution in [-0.2, 0) is 18.3 Å². The van der Waals surface area contributed by atoms with Gasteiger partial charge in [-0.15, -0.1) is 0 Å². The van der Waals surface area contributed by atoms with Crippen LogP contribution >= 0.6 is 0 Å². The predicted molar refractivity (Wildman–Crippen MR) is 56.9 cm³/mol. The fraction of sp³-hybridized carbons (Fsp3) is 0.500. The van der Waals surface area contributed by atoms with E-state index >= 15 is 0 Å². The van der Waals surface area contributed by atoms with Gasteiger partial charge in [-0.3, -0.25) is 8.89 Å². The number of rotatable bonds is 3. The van der Waals surface area contributed by atoms with Crippen LogP contribution in [0.1, 0.15) is 23.9 Å². The highest BCUT2D eigenvalue weighted by Gasteiger charge is 2.11. The topological polar surface area (TPSA) is 82.3 Å². The molecular weight excluding hydrogens is 216 g/mol. The summed E-state index contributed by atoms with van der Waals surface area (Å²) in [7, 11) is 1.83. The number of hydrogen-bond acceptors (Lipinski definition) is 4. The molecule has 0 fully saturated rings. The lowest BCUT2D eigenvalue weighted by Crippen LogP contribution is -2.12. The van der Waals surface area contributed by atoms with Crippen LogP contribution in [0.2, 0.25) is 0 Å². The maximum Gasteiger partial charge on any atom is 0.0691 e. The molecule has 0 amide bonds. The number of aryl methyl sites for hydroxylation is 2. The highest BCUT2D eigenvalue weighted by molar-refractivity contribution is 7.77. The van der Waals surface area contributed by atoms with Crippen molar-refractivity contribution in [1.29, 1.82) is 0 Å². The van der Waals surface area contributed by atoms with Gasteiger partial charge in [0.15, 0.2) is 0 Å². The number of nitrogens with zero attached hydrogens (tertiary/aromatic N) is 3. The number of hydrogen-bond donors (Lipinski definition) is 1. The largest absolute Gasteiger partial charge is 0.754 e. The number of nitrogens with one attached hydrogen (secondary N) is 1. The van der Waals surface area contributed by atoms with E-state index in [0.717, 1.165) is 17.0 Å². The number of aromatic nitrogens is 2. The fourth-order valence-corrected chi connectivity index (χ4v) is 1.67. The molecule has 1 atom stereocenters. The normalized spacial score (nSPS) is 14.1. The lowest BCUT2D eigenvalue weighted by atomic mass is 10.1. The summed E-state index contributed by atoms with van der Waals surface area (Å²) < 4.78 is 22.3. The molecule has 1 aromatic heterocycles. The van der Waals surface area contributed by atoms with Gasteiger partial charge in [0.1, 0.15) is 0 Å². The highest BCUT2D eigenvalue weighted by Crippen LogP contribution is 2.12. The van der Waals surface area contributed by atoms with Crippen LogP contribution in [0, 0.1) is 13.8 Å². The van der Waals surface area contributed by atoms with E-state index in [4.69, 9.17) is 0 Å². The predicted octanol–water partition coefficient (Wildman–Crippen LogP) is 0.145. The second-order valence-electron chi connectivity index (χ2n) is 3.19. The Balaban J connectivity index is 3.05. The lowest BCUT2D eigenvalue weighted by molar-refractivity contribution is 0.525. The quantitative estimate of drug-likeness (QED) is 0.455. The minimum Gasteiger partial charge on any atom is -0.754 e. The molecule has 1 rings (SSSR count). The molecule has 0 aromatic carbocycles. The van der Waals surface area contributed by atoms with Gasteiger partial charge in [0.2, 0.25) is 0 Å². The molecule has 1 heterocycles. The molecule has 0 radical (unpaired) electrons. The zero-order valence-corrected chi connectivity index (χ0v) is 9.88. The van der Waals surface area contributed by atoms with Crippen LogP contribution in [0.4, 0.5) is 0 Å². The van der Waals surface area contributed by atoms with Crippen LogP contribution in [0.25, 0.3) is 0 Å². The van der Waals surface area contributed by atoms with Crippen molar-refractivity contribution >= 4 is 17.0 Å². The first kappa shape index (κ1) is 11.9. The first-order valence-electron chi connectivity index (χ1n) is 4.33. The van der Waals surface area contributed by atoms with Crippen molar-refractivity contribution in [2.45, 2.75) is 20.8 Å². The summed E-state index contributed by atoms with van der Waals surface area (Å²) in [5.41, 5.74) is 3.25. The summed E-state index contributed by atoms with van der Waals surface area (Å²) in [6, 6.07) is 0. The van der Waals surface area contributed by atoms with E-state index in [9.17, 15) is 8.76 Å². The van der Waals surface area contributed by atoms with Crippen LogP contribution in [0.3, 0.4) is 0 Å². The summed E-state index contributed by atoms with van der Waals surface area (Å²) >= 11 is -2.38. The monoisotopic (exact) mass is 229 g/mol. The zero-order chi connectivity index (χ0) is 11.6. The zero-order valence-electron chi connectivity index (χ0n) is 9.07. The molecule has 0 saturated carbocycles. The summed E-state index contributed by atoms with van der Waals surface area (Å²) in [4.78, 5) is 1.98. The van der Waals surface area contributed by atoms with Crippen molar-refractivity contribution in [2.24, 2.45) is 12.1 Å². The Hall–Kier alpha value is -1.21. The number of hydrazone groups is 1. The van der Waals surface area contributed by atoms with E-state index in [-0.39, 0.29) is 0 Å². The van der Waals surface area contributed by atoms with E-state index in [1.165, 1.54) is 0 Å². The molecule has 0 spiro atoms. The average molecular weight is 229 g/mol. The van der Waals surface area contributed by atoms with E-state index in [1.807, 2.05) is 25.7 Å². The molecular formula is C8H13N4O2S-. The Morgan fingerprint density at radius 3 is 2.60 bits per heavy atom. The smallest absolute Gasteiger partial charge is 0.0691 e. The molecule has 0 saturated heterocycles. The van der Waals surface area contributed by atoms with Gasteiger partial charge in [-0.05, 0) is 20.8 Å². The Morgan fingerprint density at radius 1 is 1.60 bits per heavy atom. The van der Waals surface area contributed by atoms with Crippen LogP contribution < -0.4 is 4.83 Å². The van der Waals surface area contributed by atoms with Crippen LogP contribution in [-0.4, -0.2) is 24.3 Å². The molecule has 6 nitrogen and oxygen atoms in total. The van der Waals surface area contributed by atoms with Crippen molar-refractivity contribution < 1.29 is 8.76 Å². The third-order valence-electron chi connectivity index (χ3n) is 2.16. The van der Waals surface area contributed by atoms with Gasteiger partial charge in [0.25, 0.3) is 0 Å². The third kappa shape index (κ3) is 2.63. The summed E-state index contributed by atoms with van der Waals surface area (Å²) in [6.07, 6.45) is 0. The van der Waals surface area contributed by atoms with Gasteiger partial charge in [0, 0.05) is 18.3 Å². The molecule has 1 N–H and O–H groups in total. The minimum absolute atomic E-state index is 0.599.